The van der Waals surface area contributed by atoms with Crippen molar-refractivity contribution in [1.82, 2.24) is 4.90 Å². The highest BCUT2D eigenvalue weighted by atomic mass is 16.6. The first kappa shape index (κ1) is 24.3. The van der Waals surface area contributed by atoms with E-state index in [0.717, 1.165) is 19.7 Å². The van der Waals surface area contributed by atoms with E-state index >= 15 is 0 Å². The number of esters is 1. The fourth-order valence-corrected chi connectivity index (χ4v) is 2.05. The van der Waals surface area contributed by atoms with Gasteiger partial charge in [0.25, 0.3) is 0 Å². The van der Waals surface area contributed by atoms with E-state index in [4.69, 9.17) is 18.9 Å². The van der Waals surface area contributed by atoms with E-state index in [2.05, 4.69) is 18.9 Å². The van der Waals surface area contributed by atoms with Gasteiger partial charge < -0.3 is 23.8 Å². The molecule has 0 spiro atoms. The number of carbonyl (C=O) groups is 1. The molecule has 0 heterocycles. The van der Waals surface area contributed by atoms with Gasteiger partial charge in [0.05, 0.1) is 46.1 Å². The van der Waals surface area contributed by atoms with Crippen LogP contribution in [0.3, 0.4) is 0 Å². The lowest BCUT2D eigenvalue weighted by molar-refractivity contribution is -0.156. The Morgan fingerprint density at radius 3 is 1.96 bits per heavy atom. The molecular formula is C19H39NO5. The van der Waals surface area contributed by atoms with E-state index in [1.807, 2.05) is 20.8 Å². The third-order valence-electron chi connectivity index (χ3n) is 3.38. The Morgan fingerprint density at radius 2 is 1.40 bits per heavy atom. The average Bonchev–Trinajstić information content (AvgIpc) is 2.51. The largest absolute Gasteiger partial charge is 0.460 e. The Hall–Kier alpha value is -0.690. The summed E-state index contributed by atoms with van der Waals surface area (Å²) < 4.78 is 21.5. The van der Waals surface area contributed by atoms with E-state index in [0.29, 0.717) is 33.0 Å². The molecule has 0 saturated carbocycles. The van der Waals surface area contributed by atoms with Crippen LogP contribution in [0.15, 0.2) is 0 Å². The van der Waals surface area contributed by atoms with Crippen LogP contribution in [0.4, 0.5) is 0 Å². The summed E-state index contributed by atoms with van der Waals surface area (Å²) in [4.78, 5) is 13.8. The van der Waals surface area contributed by atoms with Crippen molar-refractivity contribution in [2.75, 3.05) is 59.8 Å². The van der Waals surface area contributed by atoms with Gasteiger partial charge in [-0.15, -0.1) is 0 Å². The van der Waals surface area contributed by atoms with Crippen LogP contribution in [0.5, 0.6) is 0 Å². The molecule has 0 unspecified atom stereocenters. The molecule has 0 aliphatic carbocycles. The van der Waals surface area contributed by atoms with Gasteiger partial charge in [-0.25, -0.2) is 0 Å². The quantitative estimate of drug-likeness (QED) is 0.311. The minimum Gasteiger partial charge on any atom is -0.460 e. The van der Waals surface area contributed by atoms with Crippen molar-refractivity contribution >= 4 is 5.97 Å². The van der Waals surface area contributed by atoms with Crippen molar-refractivity contribution in [3.63, 3.8) is 0 Å². The molecule has 0 aromatic carbocycles. The van der Waals surface area contributed by atoms with E-state index in [1.54, 1.807) is 0 Å². The lowest BCUT2D eigenvalue weighted by Gasteiger charge is -2.19. The van der Waals surface area contributed by atoms with E-state index in [-0.39, 0.29) is 12.4 Å². The molecule has 0 aliphatic rings. The topological polar surface area (TPSA) is 57.2 Å². The van der Waals surface area contributed by atoms with Gasteiger partial charge in [0.2, 0.25) is 0 Å². The highest BCUT2D eigenvalue weighted by Gasteiger charge is 2.15. The van der Waals surface area contributed by atoms with Crippen molar-refractivity contribution < 1.29 is 23.7 Å². The van der Waals surface area contributed by atoms with Gasteiger partial charge >= 0.3 is 5.97 Å². The molecule has 0 amide bonds. The number of unbranched alkanes of at least 4 members (excludes halogenated alkanes) is 2. The normalized spacial score (nSPS) is 11.9. The summed E-state index contributed by atoms with van der Waals surface area (Å²) >= 11 is 0. The van der Waals surface area contributed by atoms with Crippen LogP contribution in [0.1, 0.15) is 53.4 Å². The van der Waals surface area contributed by atoms with Crippen LogP contribution in [0.2, 0.25) is 0 Å². The van der Waals surface area contributed by atoms with Crippen LogP contribution < -0.4 is 0 Å². The zero-order valence-electron chi connectivity index (χ0n) is 17.0. The van der Waals surface area contributed by atoms with Gasteiger partial charge in [0, 0.05) is 6.54 Å². The summed E-state index contributed by atoms with van der Waals surface area (Å²) in [5.74, 6) is -0.235. The maximum Gasteiger partial charge on any atom is 0.308 e. The summed E-state index contributed by atoms with van der Waals surface area (Å²) in [5.41, 5.74) is -0.440. The lowest BCUT2D eigenvalue weighted by Crippen LogP contribution is -2.25. The van der Waals surface area contributed by atoms with Crippen LogP contribution in [0.25, 0.3) is 0 Å². The van der Waals surface area contributed by atoms with E-state index in [1.165, 1.54) is 19.3 Å². The Morgan fingerprint density at radius 1 is 0.840 bits per heavy atom. The molecule has 0 aromatic heterocycles. The highest BCUT2D eigenvalue weighted by molar-refractivity contribution is 5.69. The molecule has 0 aromatic rings. The first-order chi connectivity index (χ1) is 11.8. The average molecular weight is 362 g/mol. The molecule has 150 valence electrons. The zero-order valence-corrected chi connectivity index (χ0v) is 17.0. The van der Waals surface area contributed by atoms with Crippen molar-refractivity contribution in [3.05, 3.63) is 0 Å². The number of hydrogen-bond donors (Lipinski definition) is 0. The number of likely N-dealkylation sites (N-methyl/N-ethyl adjacent to an activating group) is 1. The Bertz CT molecular complexity index is 317. The number of rotatable bonds is 16. The summed E-state index contributed by atoms with van der Waals surface area (Å²) in [6, 6.07) is 0. The summed E-state index contributed by atoms with van der Waals surface area (Å²) in [6.45, 7) is 13.1. The summed E-state index contributed by atoms with van der Waals surface area (Å²) in [5, 5.41) is 0. The molecule has 0 atom stereocenters. The van der Waals surface area contributed by atoms with E-state index in [9.17, 15) is 4.79 Å². The standard InChI is InChI=1S/C19H39NO5/c1-6-7-8-10-20(5)11-13-23-15-17-24-16-14-22-12-9-18(21)25-19(2,3)4/h6-17H2,1-5H3. The second-order valence-electron chi connectivity index (χ2n) is 7.18. The fraction of sp³-hybridized carbons (Fsp3) is 0.947. The lowest BCUT2D eigenvalue weighted by atomic mass is 10.2. The number of nitrogens with zero attached hydrogens (tertiary/aromatic N) is 1. The molecule has 0 N–H and O–H groups in total. The molecule has 0 bridgehead atoms. The van der Waals surface area contributed by atoms with Crippen LogP contribution in [-0.2, 0) is 23.7 Å². The molecule has 25 heavy (non-hydrogen) atoms. The number of carbonyl (C=O) groups excluding carboxylic acids is 1. The number of ether oxygens (including phenoxy) is 4. The van der Waals surface area contributed by atoms with Crippen LogP contribution >= 0.6 is 0 Å². The van der Waals surface area contributed by atoms with Gasteiger partial charge in [-0.1, -0.05) is 19.8 Å². The predicted octanol–water partition coefficient (Wildman–Crippen LogP) is 2.89. The maximum absolute atomic E-state index is 11.5. The van der Waals surface area contributed by atoms with Crippen molar-refractivity contribution in [1.29, 1.82) is 0 Å². The molecule has 0 rings (SSSR count). The van der Waals surface area contributed by atoms with Gasteiger partial charge in [-0.05, 0) is 40.8 Å². The molecule has 0 radical (unpaired) electrons. The molecular weight excluding hydrogens is 322 g/mol. The molecule has 0 aliphatic heterocycles. The first-order valence-electron chi connectivity index (χ1n) is 9.48. The molecule has 0 fully saturated rings. The highest BCUT2D eigenvalue weighted by Crippen LogP contribution is 2.08. The van der Waals surface area contributed by atoms with E-state index < -0.39 is 5.60 Å². The van der Waals surface area contributed by atoms with Gasteiger partial charge in [-0.3, -0.25) is 4.79 Å². The smallest absolute Gasteiger partial charge is 0.308 e. The number of hydrogen-bond acceptors (Lipinski definition) is 6. The summed E-state index contributed by atoms with van der Waals surface area (Å²) in [6.07, 6.45) is 4.07. The van der Waals surface area contributed by atoms with Crippen molar-refractivity contribution in [2.45, 2.75) is 59.0 Å². The van der Waals surface area contributed by atoms with Gasteiger partial charge in [0.1, 0.15) is 5.60 Å². The monoisotopic (exact) mass is 361 g/mol. The van der Waals surface area contributed by atoms with Crippen molar-refractivity contribution in [2.24, 2.45) is 0 Å². The Kier molecular flexibility index (Phi) is 15.1. The molecule has 0 saturated heterocycles. The van der Waals surface area contributed by atoms with Crippen LogP contribution in [-0.4, -0.2) is 76.2 Å². The van der Waals surface area contributed by atoms with Crippen molar-refractivity contribution in [3.8, 4) is 0 Å². The molecule has 6 heteroatoms. The van der Waals surface area contributed by atoms with Gasteiger partial charge in [-0.2, -0.15) is 0 Å². The maximum atomic E-state index is 11.5. The molecule has 6 nitrogen and oxygen atoms in total. The second kappa shape index (κ2) is 15.6. The third-order valence-corrected chi connectivity index (χ3v) is 3.38. The Labute approximate surface area is 154 Å². The fourth-order valence-electron chi connectivity index (χ4n) is 2.05. The predicted molar refractivity (Wildman–Crippen MR) is 99.9 cm³/mol. The first-order valence-corrected chi connectivity index (χ1v) is 9.48. The summed E-state index contributed by atoms with van der Waals surface area (Å²) in [7, 11) is 2.13. The SMILES string of the molecule is CCCCCN(C)CCOCCOCCOCCC(=O)OC(C)(C)C. The van der Waals surface area contributed by atoms with Gasteiger partial charge in [0.15, 0.2) is 0 Å². The van der Waals surface area contributed by atoms with Crippen LogP contribution in [0, 0.1) is 0 Å². The minimum absolute atomic E-state index is 0.235. The third kappa shape index (κ3) is 19.5. The zero-order chi connectivity index (χ0) is 19.0. The second-order valence-corrected chi connectivity index (χ2v) is 7.18. The Balaban J connectivity index is 3.25. The minimum atomic E-state index is -0.440.